The van der Waals surface area contributed by atoms with Crippen molar-refractivity contribution in [1.82, 2.24) is 4.90 Å². The molecule has 1 rings (SSSR count). The molecule has 0 aromatic rings. The summed E-state index contributed by atoms with van der Waals surface area (Å²) in [6.07, 6.45) is -5.12. The van der Waals surface area contributed by atoms with Crippen LogP contribution in [0.25, 0.3) is 0 Å². The van der Waals surface area contributed by atoms with Crippen LogP contribution in [0.2, 0.25) is 0 Å². The number of alkyl halides is 3. The van der Waals surface area contributed by atoms with Crippen LogP contribution in [0.3, 0.4) is 0 Å². The molecule has 0 aromatic heterocycles. The van der Waals surface area contributed by atoms with Gasteiger partial charge in [-0.05, 0) is 20.8 Å². The van der Waals surface area contributed by atoms with Crippen LogP contribution in [0, 0.1) is 23.2 Å². The van der Waals surface area contributed by atoms with Crippen LogP contribution in [0.5, 0.6) is 0 Å². The smallest absolute Gasteiger partial charge is 0.394 e. The average Bonchev–Trinajstić information content (AvgIpc) is 2.71. The number of hydrogen-bond acceptors (Lipinski definition) is 4. The fraction of sp³-hybridized carbons (Fsp3) is 0.769. The van der Waals surface area contributed by atoms with E-state index in [4.69, 9.17) is 10.00 Å². The van der Waals surface area contributed by atoms with Crippen molar-refractivity contribution in [2.24, 2.45) is 11.8 Å². The summed E-state index contributed by atoms with van der Waals surface area (Å²) in [5.41, 5.74) is -0.905. The molecule has 1 fully saturated rings. The normalized spacial score (nSPS) is 22.8. The first-order chi connectivity index (χ1) is 9.45. The number of nitriles is 1. The van der Waals surface area contributed by atoms with E-state index < -0.39 is 48.5 Å². The molecule has 21 heavy (non-hydrogen) atoms. The number of esters is 1. The Morgan fingerprint density at radius 1 is 1.29 bits per heavy atom. The van der Waals surface area contributed by atoms with E-state index in [9.17, 15) is 22.8 Å². The lowest BCUT2D eigenvalue weighted by atomic mass is 9.95. The maximum atomic E-state index is 13.0. The monoisotopic (exact) mass is 306 g/mol. The van der Waals surface area contributed by atoms with Gasteiger partial charge in [-0.2, -0.15) is 18.4 Å². The summed E-state index contributed by atoms with van der Waals surface area (Å²) in [5, 5.41) is 8.44. The fourth-order valence-electron chi connectivity index (χ4n) is 2.13. The maximum absolute atomic E-state index is 13.0. The van der Waals surface area contributed by atoms with Gasteiger partial charge in [0.2, 0.25) is 5.91 Å². The van der Waals surface area contributed by atoms with E-state index in [1.165, 1.54) is 0 Å². The number of carbonyl (C=O) groups excluding carboxylic acids is 2. The molecule has 0 bridgehead atoms. The highest BCUT2D eigenvalue weighted by Crippen LogP contribution is 2.38. The van der Waals surface area contributed by atoms with Crippen molar-refractivity contribution in [1.29, 1.82) is 5.26 Å². The zero-order valence-electron chi connectivity index (χ0n) is 12.0. The zero-order valence-corrected chi connectivity index (χ0v) is 12.0. The molecule has 0 spiro atoms. The summed E-state index contributed by atoms with van der Waals surface area (Å²) in [5.74, 6) is -5.10. The third-order valence-corrected chi connectivity index (χ3v) is 3.03. The van der Waals surface area contributed by atoms with Crippen LogP contribution in [0.1, 0.15) is 27.2 Å². The molecule has 0 unspecified atom stereocenters. The second-order valence-corrected chi connectivity index (χ2v) is 5.92. The van der Waals surface area contributed by atoms with E-state index in [1.807, 2.05) is 0 Å². The van der Waals surface area contributed by atoms with Crippen molar-refractivity contribution in [3.8, 4) is 6.07 Å². The van der Waals surface area contributed by atoms with Gasteiger partial charge in [0.05, 0.1) is 17.9 Å². The molecule has 118 valence electrons. The minimum atomic E-state index is -4.61. The van der Waals surface area contributed by atoms with Crippen molar-refractivity contribution >= 4 is 11.9 Å². The van der Waals surface area contributed by atoms with Crippen LogP contribution in [0.15, 0.2) is 0 Å². The molecule has 1 aliphatic rings. The minimum absolute atomic E-state index is 0.375. The number of hydrogen-bond donors (Lipinski definition) is 0. The highest BCUT2D eigenvalue weighted by atomic mass is 19.4. The summed E-state index contributed by atoms with van der Waals surface area (Å²) in [4.78, 5) is 24.4. The molecule has 0 saturated carbocycles. The predicted molar refractivity (Wildman–Crippen MR) is 65.7 cm³/mol. The lowest BCUT2D eigenvalue weighted by Gasteiger charge is -2.25. The van der Waals surface area contributed by atoms with E-state index in [0.29, 0.717) is 0 Å². The van der Waals surface area contributed by atoms with E-state index >= 15 is 0 Å². The molecule has 0 N–H and O–H groups in total. The van der Waals surface area contributed by atoms with Gasteiger partial charge in [-0.3, -0.25) is 9.59 Å². The van der Waals surface area contributed by atoms with Crippen LogP contribution in [0.4, 0.5) is 13.2 Å². The van der Waals surface area contributed by atoms with Gasteiger partial charge in [0, 0.05) is 13.1 Å². The number of nitrogens with zero attached hydrogens (tertiary/aromatic N) is 2. The summed E-state index contributed by atoms with van der Waals surface area (Å²) >= 11 is 0. The first-order valence-electron chi connectivity index (χ1n) is 6.40. The zero-order chi connectivity index (χ0) is 16.4. The van der Waals surface area contributed by atoms with Crippen molar-refractivity contribution in [3.05, 3.63) is 0 Å². The molecule has 0 radical (unpaired) electrons. The fourth-order valence-corrected chi connectivity index (χ4v) is 2.13. The molecular formula is C13H17F3N2O3. The van der Waals surface area contributed by atoms with Crippen LogP contribution in [-0.2, 0) is 14.3 Å². The van der Waals surface area contributed by atoms with E-state index in [1.54, 1.807) is 26.8 Å². The molecule has 1 saturated heterocycles. The quantitative estimate of drug-likeness (QED) is 0.730. The minimum Gasteiger partial charge on any atom is -0.460 e. The van der Waals surface area contributed by atoms with Crippen LogP contribution >= 0.6 is 0 Å². The third-order valence-electron chi connectivity index (χ3n) is 3.03. The number of carbonyl (C=O) groups is 2. The molecule has 1 aliphatic heterocycles. The standard InChI is InChI=1S/C13H17F3N2O3/c1-12(2,3)21-11(20)8-6-18(10(19)4-5-17)7-9(8)13(14,15)16/h8-9H,4,6-7H2,1-3H3/t8-,9-/m1/s1. The largest absolute Gasteiger partial charge is 0.460 e. The summed E-state index contributed by atoms with van der Waals surface area (Å²) in [6, 6.07) is 1.59. The molecule has 1 amide bonds. The topological polar surface area (TPSA) is 70.4 Å². The Morgan fingerprint density at radius 3 is 2.29 bits per heavy atom. The first-order valence-corrected chi connectivity index (χ1v) is 6.40. The number of rotatable bonds is 2. The van der Waals surface area contributed by atoms with Gasteiger partial charge in [-0.1, -0.05) is 0 Å². The second kappa shape index (κ2) is 5.92. The molecule has 1 heterocycles. The highest BCUT2D eigenvalue weighted by molar-refractivity contribution is 5.81. The van der Waals surface area contributed by atoms with Crippen molar-refractivity contribution < 1.29 is 27.5 Å². The van der Waals surface area contributed by atoms with Crippen LogP contribution in [-0.4, -0.2) is 41.6 Å². The summed E-state index contributed by atoms with van der Waals surface area (Å²) in [7, 11) is 0. The summed E-state index contributed by atoms with van der Waals surface area (Å²) in [6.45, 7) is 3.68. The van der Waals surface area contributed by atoms with Gasteiger partial charge < -0.3 is 9.64 Å². The Kier molecular flexibility index (Phi) is 4.87. The predicted octanol–water partition coefficient (Wildman–Crippen LogP) is 1.88. The Bertz CT molecular complexity index is 463. The molecule has 2 atom stereocenters. The molecule has 0 aromatic carbocycles. The lowest BCUT2D eigenvalue weighted by molar-refractivity contribution is -0.194. The maximum Gasteiger partial charge on any atom is 0.394 e. The Hall–Kier alpha value is -1.78. The highest BCUT2D eigenvalue weighted by Gasteiger charge is 2.54. The lowest BCUT2D eigenvalue weighted by Crippen LogP contribution is -2.37. The Balaban J connectivity index is 2.91. The SMILES string of the molecule is CC(C)(C)OC(=O)[C@@H]1CN(C(=O)CC#N)C[C@H]1C(F)(F)F. The van der Waals surface area contributed by atoms with Gasteiger partial charge >= 0.3 is 12.1 Å². The van der Waals surface area contributed by atoms with E-state index in [2.05, 4.69) is 0 Å². The number of amides is 1. The molecule has 8 heteroatoms. The summed E-state index contributed by atoms with van der Waals surface area (Å²) < 4.78 is 44.0. The van der Waals surface area contributed by atoms with Gasteiger partial charge in [0.1, 0.15) is 12.0 Å². The van der Waals surface area contributed by atoms with Crippen molar-refractivity contribution in [2.75, 3.05) is 13.1 Å². The number of halogens is 3. The van der Waals surface area contributed by atoms with Crippen molar-refractivity contribution in [2.45, 2.75) is 39.0 Å². The average molecular weight is 306 g/mol. The van der Waals surface area contributed by atoms with Gasteiger partial charge in [-0.15, -0.1) is 0 Å². The van der Waals surface area contributed by atoms with Gasteiger partial charge in [-0.25, -0.2) is 0 Å². The molecular weight excluding hydrogens is 289 g/mol. The third kappa shape index (κ3) is 4.62. The van der Waals surface area contributed by atoms with Crippen LogP contribution < -0.4 is 0 Å². The Morgan fingerprint density at radius 2 is 1.86 bits per heavy atom. The first kappa shape index (κ1) is 17.3. The Labute approximate surface area is 120 Å². The second-order valence-electron chi connectivity index (χ2n) is 5.92. The van der Waals surface area contributed by atoms with Gasteiger partial charge in [0.15, 0.2) is 0 Å². The van der Waals surface area contributed by atoms with Crippen molar-refractivity contribution in [3.63, 3.8) is 0 Å². The van der Waals surface area contributed by atoms with E-state index in [-0.39, 0.29) is 6.54 Å². The van der Waals surface area contributed by atoms with Gasteiger partial charge in [0.25, 0.3) is 0 Å². The molecule has 0 aliphatic carbocycles. The van der Waals surface area contributed by atoms with E-state index in [0.717, 1.165) is 4.90 Å². The number of likely N-dealkylation sites (tertiary alicyclic amines) is 1. The number of ether oxygens (including phenoxy) is 1. The molecule has 5 nitrogen and oxygen atoms in total.